The summed E-state index contributed by atoms with van der Waals surface area (Å²) in [6.45, 7) is 8.95. The molecule has 1 heterocycles. The maximum absolute atomic E-state index is 13.1. The molecule has 33 heavy (non-hydrogen) atoms. The zero-order valence-electron chi connectivity index (χ0n) is 19.4. The Morgan fingerprint density at radius 2 is 1.85 bits per heavy atom. The molecular formula is C26H30ClNO5. The maximum Gasteiger partial charge on any atom is 0.295 e. The Morgan fingerprint density at radius 1 is 1.15 bits per heavy atom. The van der Waals surface area contributed by atoms with E-state index in [1.807, 2.05) is 52.0 Å². The monoisotopic (exact) mass is 471 g/mol. The number of aliphatic hydroxyl groups is 1. The number of nitrogens with zero attached hydrogens (tertiary/aromatic N) is 1. The first-order chi connectivity index (χ1) is 15.7. The normalized spacial score (nSPS) is 17.8. The number of ketones is 1. The van der Waals surface area contributed by atoms with Gasteiger partial charge in [0.1, 0.15) is 11.5 Å². The van der Waals surface area contributed by atoms with Gasteiger partial charge in [-0.05, 0) is 57.9 Å². The Labute approximate surface area is 199 Å². The van der Waals surface area contributed by atoms with Gasteiger partial charge in [-0.25, -0.2) is 0 Å². The van der Waals surface area contributed by atoms with E-state index in [-0.39, 0.29) is 17.4 Å². The van der Waals surface area contributed by atoms with Crippen LogP contribution in [0.3, 0.4) is 0 Å². The molecule has 3 rings (SSSR count). The molecule has 7 heteroatoms. The van der Waals surface area contributed by atoms with E-state index in [0.717, 1.165) is 11.1 Å². The second kappa shape index (κ2) is 10.9. The van der Waals surface area contributed by atoms with Crippen molar-refractivity contribution in [3.05, 3.63) is 69.8 Å². The summed E-state index contributed by atoms with van der Waals surface area (Å²) in [4.78, 5) is 27.6. The van der Waals surface area contributed by atoms with Gasteiger partial charge in [0.25, 0.3) is 11.7 Å². The standard InChI is InChI=1S/C26H30ClNO5/c1-5-32-21-12-11-19(15-20(21)27)24(29)22-23(18-9-7-17(4)8-10-18)28(26(31)25(22)30)13-6-14-33-16(2)3/h7-12,15-16,23,29H,5-6,13-14H2,1-4H3/b24-22-. The molecule has 0 aromatic heterocycles. The third kappa shape index (κ3) is 5.57. The van der Waals surface area contributed by atoms with E-state index in [0.29, 0.717) is 42.5 Å². The van der Waals surface area contributed by atoms with Gasteiger partial charge < -0.3 is 19.5 Å². The van der Waals surface area contributed by atoms with Gasteiger partial charge in [-0.3, -0.25) is 9.59 Å². The van der Waals surface area contributed by atoms with E-state index in [4.69, 9.17) is 21.1 Å². The topological polar surface area (TPSA) is 76.1 Å². The van der Waals surface area contributed by atoms with Gasteiger partial charge in [0, 0.05) is 18.7 Å². The van der Waals surface area contributed by atoms with Crippen LogP contribution >= 0.6 is 11.6 Å². The van der Waals surface area contributed by atoms with E-state index < -0.39 is 17.7 Å². The highest BCUT2D eigenvalue weighted by Crippen LogP contribution is 2.40. The molecule has 0 aliphatic carbocycles. The zero-order chi connectivity index (χ0) is 24.1. The molecule has 1 aliphatic heterocycles. The fourth-order valence-electron chi connectivity index (χ4n) is 3.84. The number of likely N-dealkylation sites (tertiary alicyclic amines) is 1. The number of carbonyl (C=O) groups excluding carboxylic acids is 2. The highest BCUT2D eigenvalue weighted by Gasteiger charge is 2.45. The van der Waals surface area contributed by atoms with E-state index in [1.54, 1.807) is 12.1 Å². The summed E-state index contributed by atoms with van der Waals surface area (Å²) < 4.78 is 11.1. The Morgan fingerprint density at radius 3 is 2.45 bits per heavy atom. The third-order valence-corrected chi connectivity index (χ3v) is 5.73. The molecule has 1 atom stereocenters. The van der Waals surface area contributed by atoms with Crippen LogP contribution in [0.1, 0.15) is 49.9 Å². The number of hydrogen-bond acceptors (Lipinski definition) is 5. The lowest BCUT2D eigenvalue weighted by Crippen LogP contribution is -2.31. The Balaban J connectivity index is 2.03. The first kappa shape index (κ1) is 24.8. The summed E-state index contributed by atoms with van der Waals surface area (Å²) in [5, 5.41) is 11.5. The van der Waals surface area contributed by atoms with E-state index in [2.05, 4.69) is 0 Å². The first-order valence-corrected chi connectivity index (χ1v) is 11.5. The predicted molar refractivity (Wildman–Crippen MR) is 129 cm³/mol. The van der Waals surface area contributed by atoms with Crippen LogP contribution in [0.4, 0.5) is 0 Å². The Bertz CT molecular complexity index is 1050. The molecule has 1 saturated heterocycles. The highest BCUT2D eigenvalue weighted by atomic mass is 35.5. The number of aliphatic hydroxyl groups excluding tert-OH is 1. The number of Topliss-reactive ketones (excluding diaryl/α,β-unsaturated/α-hetero) is 1. The van der Waals surface area contributed by atoms with Gasteiger partial charge in [0.2, 0.25) is 0 Å². The molecule has 0 spiro atoms. The molecule has 2 aromatic rings. The highest BCUT2D eigenvalue weighted by molar-refractivity contribution is 6.46. The van der Waals surface area contributed by atoms with Gasteiger partial charge in [-0.15, -0.1) is 0 Å². The van der Waals surface area contributed by atoms with Crippen molar-refractivity contribution in [1.29, 1.82) is 0 Å². The molecule has 0 bridgehead atoms. The number of amides is 1. The van der Waals surface area contributed by atoms with Crippen LogP contribution in [0.15, 0.2) is 48.0 Å². The number of ether oxygens (including phenoxy) is 2. The lowest BCUT2D eigenvalue weighted by Gasteiger charge is -2.25. The zero-order valence-corrected chi connectivity index (χ0v) is 20.2. The molecule has 1 N–H and O–H groups in total. The fraction of sp³-hybridized carbons (Fsp3) is 0.385. The molecule has 1 unspecified atom stereocenters. The third-order valence-electron chi connectivity index (χ3n) is 5.43. The lowest BCUT2D eigenvalue weighted by molar-refractivity contribution is -0.140. The number of benzene rings is 2. The average molecular weight is 472 g/mol. The summed E-state index contributed by atoms with van der Waals surface area (Å²) in [5.74, 6) is -1.13. The second-order valence-electron chi connectivity index (χ2n) is 8.25. The second-order valence-corrected chi connectivity index (χ2v) is 8.66. The van der Waals surface area contributed by atoms with Crippen LogP contribution in [-0.4, -0.2) is 47.6 Å². The van der Waals surface area contributed by atoms with Crippen molar-refractivity contribution in [3.63, 3.8) is 0 Å². The predicted octanol–water partition coefficient (Wildman–Crippen LogP) is 5.28. The van der Waals surface area contributed by atoms with Gasteiger partial charge in [-0.1, -0.05) is 41.4 Å². The number of aryl methyl sites for hydroxylation is 1. The van der Waals surface area contributed by atoms with Crippen LogP contribution in [0.25, 0.3) is 5.76 Å². The molecule has 1 amide bonds. The Kier molecular flexibility index (Phi) is 8.16. The number of hydrogen-bond donors (Lipinski definition) is 1. The SMILES string of the molecule is CCOc1ccc(/C(O)=C2/C(=O)C(=O)N(CCCOC(C)C)C2c2ccc(C)cc2)cc1Cl. The Hall–Kier alpha value is -2.83. The van der Waals surface area contributed by atoms with Crippen molar-refractivity contribution in [2.75, 3.05) is 19.8 Å². The number of carbonyl (C=O) groups is 2. The first-order valence-electron chi connectivity index (χ1n) is 11.1. The van der Waals surface area contributed by atoms with E-state index >= 15 is 0 Å². The molecule has 1 aliphatic rings. The van der Waals surface area contributed by atoms with Crippen molar-refractivity contribution >= 4 is 29.1 Å². The molecule has 176 valence electrons. The minimum absolute atomic E-state index is 0.0499. The quantitative estimate of drug-likeness (QED) is 0.233. The van der Waals surface area contributed by atoms with Crippen LogP contribution in [0.5, 0.6) is 5.75 Å². The minimum Gasteiger partial charge on any atom is -0.507 e. The van der Waals surface area contributed by atoms with Crippen LogP contribution in [-0.2, 0) is 14.3 Å². The van der Waals surface area contributed by atoms with E-state index in [1.165, 1.54) is 11.0 Å². The average Bonchev–Trinajstić information content (AvgIpc) is 3.03. The largest absolute Gasteiger partial charge is 0.507 e. The van der Waals surface area contributed by atoms with Crippen LogP contribution in [0, 0.1) is 6.92 Å². The van der Waals surface area contributed by atoms with Gasteiger partial charge in [-0.2, -0.15) is 0 Å². The lowest BCUT2D eigenvalue weighted by atomic mass is 9.94. The summed E-state index contributed by atoms with van der Waals surface area (Å²) in [6, 6.07) is 11.7. The minimum atomic E-state index is -0.715. The number of rotatable bonds is 9. The van der Waals surface area contributed by atoms with Crippen molar-refractivity contribution in [2.24, 2.45) is 0 Å². The maximum atomic E-state index is 13.1. The van der Waals surface area contributed by atoms with E-state index in [9.17, 15) is 14.7 Å². The smallest absolute Gasteiger partial charge is 0.295 e. The van der Waals surface area contributed by atoms with Crippen molar-refractivity contribution in [1.82, 2.24) is 4.90 Å². The summed E-state index contributed by atoms with van der Waals surface area (Å²) in [7, 11) is 0. The van der Waals surface area contributed by atoms with Gasteiger partial charge >= 0.3 is 0 Å². The van der Waals surface area contributed by atoms with Crippen LogP contribution < -0.4 is 4.74 Å². The van der Waals surface area contributed by atoms with Crippen molar-refractivity contribution < 1.29 is 24.2 Å². The molecule has 0 radical (unpaired) electrons. The molecule has 6 nitrogen and oxygen atoms in total. The van der Waals surface area contributed by atoms with Crippen LogP contribution in [0.2, 0.25) is 5.02 Å². The fourth-order valence-corrected chi connectivity index (χ4v) is 4.07. The van der Waals surface area contributed by atoms with Crippen molar-refractivity contribution in [3.8, 4) is 5.75 Å². The summed E-state index contributed by atoms with van der Waals surface area (Å²) >= 11 is 6.30. The van der Waals surface area contributed by atoms with Gasteiger partial charge in [0.05, 0.1) is 29.3 Å². The summed E-state index contributed by atoms with van der Waals surface area (Å²) in [5.41, 5.74) is 2.21. The van der Waals surface area contributed by atoms with Crippen molar-refractivity contribution in [2.45, 2.75) is 46.3 Å². The molecular weight excluding hydrogens is 442 g/mol. The number of halogens is 1. The summed E-state index contributed by atoms with van der Waals surface area (Å²) in [6.07, 6.45) is 0.653. The molecule has 2 aromatic carbocycles. The van der Waals surface area contributed by atoms with Gasteiger partial charge in [0.15, 0.2) is 0 Å². The molecule has 0 saturated carbocycles. The molecule has 1 fully saturated rings.